The first-order chi connectivity index (χ1) is 13.0. The third-order valence-electron chi connectivity index (χ3n) is 4.81. The molecule has 1 atom stereocenters. The van der Waals surface area contributed by atoms with Crippen LogP contribution >= 0.6 is 23.4 Å². The predicted molar refractivity (Wildman–Crippen MR) is 102 cm³/mol. The molecule has 9 heteroatoms. The zero-order valence-electron chi connectivity index (χ0n) is 14.6. The summed E-state index contributed by atoms with van der Waals surface area (Å²) in [6.07, 6.45) is 4.16. The Labute approximate surface area is 165 Å². The SMILES string of the molecule is O=C(c1ccc(Cl)cc1)N1CCCC[C@@H](Sc2n[nH]c(=O)n2C2CC2)C1=O. The lowest BCUT2D eigenvalue weighted by molar-refractivity contribution is -0.127. The van der Waals surface area contributed by atoms with E-state index >= 15 is 0 Å². The van der Waals surface area contributed by atoms with Gasteiger partial charge in [-0.15, -0.1) is 5.10 Å². The summed E-state index contributed by atoms with van der Waals surface area (Å²) in [5.41, 5.74) is 0.197. The van der Waals surface area contributed by atoms with Gasteiger partial charge in [0.1, 0.15) is 0 Å². The number of hydrogen-bond donors (Lipinski definition) is 1. The Morgan fingerprint density at radius 3 is 2.59 bits per heavy atom. The van der Waals surface area contributed by atoms with Crippen molar-refractivity contribution < 1.29 is 9.59 Å². The number of carbonyl (C=O) groups is 2. The van der Waals surface area contributed by atoms with Crippen LogP contribution in [-0.4, -0.2) is 43.3 Å². The number of amides is 2. The highest BCUT2D eigenvalue weighted by Crippen LogP contribution is 2.38. The highest BCUT2D eigenvalue weighted by atomic mass is 35.5. The second-order valence-corrected chi connectivity index (χ2v) is 8.42. The number of nitrogens with one attached hydrogen (secondary N) is 1. The molecule has 2 heterocycles. The van der Waals surface area contributed by atoms with E-state index in [9.17, 15) is 14.4 Å². The van der Waals surface area contributed by atoms with E-state index in [1.807, 2.05) is 0 Å². The molecule has 1 saturated heterocycles. The van der Waals surface area contributed by atoms with Gasteiger partial charge in [0.05, 0.1) is 5.25 Å². The van der Waals surface area contributed by atoms with Crippen molar-refractivity contribution in [1.29, 1.82) is 0 Å². The van der Waals surface area contributed by atoms with Crippen LogP contribution in [0.15, 0.2) is 34.2 Å². The van der Waals surface area contributed by atoms with Crippen LogP contribution in [-0.2, 0) is 4.79 Å². The minimum Gasteiger partial charge on any atom is -0.278 e. The van der Waals surface area contributed by atoms with Gasteiger partial charge in [0, 0.05) is 23.2 Å². The van der Waals surface area contributed by atoms with Gasteiger partial charge in [-0.1, -0.05) is 29.8 Å². The summed E-state index contributed by atoms with van der Waals surface area (Å²) in [6, 6.07) is 6.71. The van der Waals surface area contributed by atoms with E-state index in [0.717, 1.165) is 25.7 Å². The Hall–Kier alpha value is -2.06. The lowest BCUT2D eigenvalue weighted by atomic mass is 10.2. The largest absolute Gasteiger partial charge is 0.344 e. The van der Waals surface area contributed by atoms with E-state index in [1.165, 1.54) is 16.7 Å². The number of thioether (sulfide) groups is 1. The molecule has 27 heavy (non-hydrogen) atoms. The Kier molecular flexibility index (Phi) is 5.10. The maximum atomic E-state index is 13.1. The first-order valence-corrected chi connectivity index (χ1v) is 10.2. The van der Waals surface area contributed by atoms with Crippen molar-refractivity contribution >= 4 is 35.2 Å². The molecule has 4 rings (SSSR count). The number of likely N-dealkylation sites (tertiary alicyclic amines) is 1. The second kappa shape index (κ2) is 7.52. The van der Waals surface area contributed by atoms with Crippen LogP contribution in [0.4, 0.5) is 0 Å². The standard InChI is InChI=1S/C18H19ClN4O3S/c19-12-6-4-11(5-7-12)15(24)22-10-2-1-3-14(16(22)25)27-18-21-20-17(26)23(18)13-8-9-13/h4-7,13-14H,1-3,8-10H2,(H,20,26)/t14-/m1/s1. The van der Waals surface area contributed by atoms with E-state index in [2.05, 4.69) is 10.2 Å². The lowest BCUT2D eigenvalue weighted by Crippen LogP contribution is -2.41. The zero-order valence-corrected chi connectivity index (χ0v) is 16.1. The molecule has 0 radical (unpaired) electrons. The van der Waals surface area contributed by atoms with Crippen molar-refractivity contribution in [2.75, 3.05) is 6.54 Å². The number of aromatic nitrogens is 3. The Balaban J connectivity index is 1.55. The van der Waals surface area contributed by atoms with Gasteiger partial charge in [-0.05, 0) is 49.9 Å². The molecule has 1 aliphatic heterocycles. The topological polar surface area (TPSA) is 88.1 Å². The molecule has 1 N–H and O–H groups in total. The molecular formula is C18H19ClN4O3S. The maximum absolute atomic E-state index is 13.1. The first kappa shape index (κ1) is 18.3. The summed E-state index contributed by atoms with van der Waals surface area (Å²) >= 11 is 7.16. The van der Waals surface area contributed by atoms with E-state index in [0.29, 0.717) is 28.7 Å². The monoisotopic (exact) mass is 406 g/mol. The van der Waals surface area contributed by atoms with E-state index < -0.39 is 5.25 Å². The molecule has 2 fully saturated rings. The van der Waals surface area contributed by atoms with Gasteiger partial charge in [0.25, 0.3) is 5.91 Å². The van der Waals surface area contributed by atoms with Crippen molar-refractivity contribution in [1.82, 2.24) is 19.7 Å². The molecule has 2 amide bonds. The molecular weight excluding hydrogens is 388 g/mol. The average molecular weight is 407 g/mol. The molecule has 142 valence electrons. The summed E-state index contributed by atoms with van der Waals surface area (Å²) in [4.78, 5) is 39.2. The number of imide groups is 1. The van der Waals surface area contributed by atoms with Gasteiger partial charge in [-0.2, -0.15) is 0 Å². The summed E-state index contributed by atoms with van der Waals surface area (Å²) in [5.74, 6) is -0.541. The van der Waals surface area contributed by atoms with Gasteiger partial charge < -0.3 is 0 Å². The molecule has 1 aromatic carbocycles. The quantitative estimate of drug-likeness (QED) is 0.789. The molecule has 2 aromatic rings. The number of rotatable bonds is 4. The summed E-state index contributed by atoms with van der Waals surface area (Å²) in [6.45, 7) is 0.396. The first-order valence-electron chi connectivity index (χ1n) is 8.99. The number of halogens is 1. The van der Waals surface area contributed by atoms with Gasteiger partial charge in [0.15, 0.2) is 5.16 Å². The van der Waals surface area contributed by atoms with Crippen molar-refractivity contribution in [2.24, 2.45) is 0 Å². The zero-order chi connectivity index (χ0) is 19.0. The minimum atomic E-state index is -0.434. The van der Waals surface area contributed by atoms with Gasteiger partial charge in [-0.25, -0.2) is 9.89 Å². The van der Waals surface area contributed by atoms with E-state index in [1.54, 1.807) is 28.8 Å². The maximum Gasteiger partial charge on any atom is 0.344 e. The smallest absolute Gasteiger partial charge is 0.278 e. The van der Waals surface area contributed by atoms with Crippen LogP contribution in [0.3, 0.4) is 0 Å². The third-order valence-corrected chi connectivity index (χ3v) is 6.28. The summed E-state index contributed by atoms with van der Waals surface area (Å²) < 4.78 is 1.63. The molecule has 0 spiro atoms. The van der Waals surface area contributed by atoms with Crippen molar-refractivity contribution in [3.8, 4) is 0 Å². The molecule has 1 aromatic heterocycles. The van der Waals surface area contributed by atoms with E-state index in [4.69, 9.17) is 11.6 Å². The van der Waals surface area contributed by atoms with Crippen LogP contribution in [0.25, 0.3) is 0 Å². The van der Waals surface area contributed by atoms with Gasteiger partial charge >= 0.3 is 5.69 Å². The molecule has 2 aliphatic rings. The number of hydrogen-bond acceptors (Lipinski definition) is 5. The highest BCUT2D eigenvalue weighted by molar-refractivity contribution is 8.00. The molecule has 1 aliphatic carbocycles. The predicted octanol–water partition coefficient (Wildman–Crippen LogP) is 2.87. The average Bonchev–Trinajstić information content (AvgIpc) is 3.45. The van der Waals surface area contributed by atoms with Crippen molar-refractivity contribution in [3.05, 3.63) is 45.3 Å². The Bertz CT molecular complexity index is 919. The number of carbonyl (C=O) groups excluding carboxylic acids is 2. The van der Waals surface area contributed by atoms with Crippen LogP contribution < -0.4 is 5.69 Å². The van der Waals surface area contributed by atoms with Crippen LogP contribution in [0.1, 0.15) is 48.5 Å². The lowest BCUT2D eigenvalue weighted by Gasteiger charge is -2.22. The number of aromatic amines is 1. The fourth-order valence-electron chi connectivity index (χ4n) is 3.22. The molecule has 0 bridgehead atoms. The second-order valence-electron chi connectivity index (χ2n) is 6.82. The van der Waals surface area contributed by atoms with Crippen LogP contribution in [0.2, 0.25) is 5.02 Å². The van der Waals surface area contributed by atoms with Crippen LogP contribution in [0, 0.1) is 0 Å². The molecule has 0 unspecified atom stereocenters. The third kappa shape index (κ3) is 3.82. The number of H-pyrrole nitrogens is 1. The number of benzene rings is 1. The molecule has 7 nitrogen and oxygen atoms in total. The minimum absolute atomic E-state index is 0.173. The highest BCUT2D eigenvalue weighted by Gasteiger charge is 2.35. The summed E-state index contributed by atoms with van der Waals surface area (Å²) in [7, 11) is 0. The van der Waals surface area contributed by atoms with Gasteiger partial charge in [-0.3, -0.25) is 19.1 Å². The Morgan fingerprint density at radius 2 is 1.89 bits per heavy atom. The fraction of sp³-hybridized carbons (Fsp3) is 0.444. The molecule has 1 saturated carbocycles. The van der Waals surface area contributed by atoms with Crippen molar-refractivity contribution in [2.45, 2.75) is 48.6 Å². The summed E-state index contributed by atoms with van der Waals surface area (Å²) in [5, 5.41) is 7.20. The fourth-order valence-corrected chi connectivity index (χ4v) is 4.56. The number of nitrogens with zero attached hydrogens (tertiary/aromatic N) is 3. The van der Waals surface area contributed by atoms with E-state index in [-0.39, 0.29) is 23.5 Å². The van der Waals surface area contributed by atoms with Gasteiger partial charge in [0.2, 0.25) is 5.91 Å². The van der Waals surface area contributed by atoms with Crippen molar-refractivity contribution in [3.63, 3.8) is 0 Å². The normalized spacial score (nSPS) is 20.6. The Morgan fingerprint density at radius 1 is 1.15 bits per heavy atom. The van der Waals surface area contributed by atoms with Crippen LogP contribution in [0.5, 0.6) is 0 Å².